The number of sulfonamides is 1. The number of nitrogens with zero attached hydrogens (tertiary/aromatic N) is 1. The second-order valence-corrected chi connectivity index (χ2v) is 6.03. The summed E-state index contributed by atoms with van der Waals surface area (Å²) in [5.74, 6) is 0.330. The molecule has 0 radical (unpaired) electrons. The Morgan fingerprint density at radius 1 is 1.15 bits per heavy atom. The molecule has 7 heteroatoms. The van der Waals surface area contributed by atoms with Gasteiger partial charge in [0.2, 0.25) is 10.0 Å². The zero-order valence-electron chi connectivity index (χ0n) is 10.8. The normalized spacial score (nSPS) is 11.1. The molecule has 0 aliphatic heterocycles. The average Bonchev–Trinajstić information content (AvgIpc) is 2.38. The first-order valence-corrected chi connectivity index (χ1v) is 7.74. The van der Waals surface area contributed by atoms with Gasteiger partial charge in [-0.15, -0.1) is 0 Å². The van der Waals surface area contributed by atoms with E-state index in [-0.39, 0.29) is 5.82 Å². The average molecular weight is 295 g/mol. The van der Waals surface area contributed by atoms with Crippen LogP contribution in [0.4, 0.5) is 15.9 Å². The van der Waals surface area contributed by atoms with Crippen LogP contribution >= 0.6 is 0 Å². The van der Waals surface area contributed by atoms with Crippen molar-refractivity contribution >= 4 is 21.5 Å². The lowest BCUT2D eigenvalue weighted by atomic mass is 10.2. The lowest BCUT2D eigenvalue weighted by Gasteiger charge is -2.07. The molecule has 20 heavy (non-hydrogen) atoms. The molecule has 0 unspecified atom stereocenters. The molecule has 0 saturated carbocycles. The minimum absolute atomic E-state index is 0.275. The van der Waals surface area contributed by atoms with Gasteiger partial charge in [0, 0.05) is 6.54 Å². The second kappa shape index (κ2) is 5.87. The van der Waals surface area contributed by atoms with Crippen LogP contribution in [0.25, 0.3) is 0 Å². The van der Waals surface area contributed by atoms with Crippen molar-refractivity contribution in [2.24, 2.45) is 0 Å². The van der Waals surface area contributed by atoms with E-state index < -0.39 is 10.0 Å². The molecular formula is C13H14FN3O2S. The summed E-state index contributed by atoms with van der Waals surface area (Å²) in [5, 5.41) is 3.06. The number of hydrogen-bond acceptors (Lipinski definition) is 4. The van der Waals surface area contributed by atoms with Gasteiger partial charge < -0.3 is 5.32 Å². The summed E-state index contributed by atoms with van der Waals surface area (Å²) >= 11 is 0. The monoisotopic (exact) mass is 295 g/mol. The van der Waals surface area contributed by atoms with E-state index in [1.54, 1.807) is 24.3 Å². The van der Waals surface area contributed by atoms with E-state index in [1.807, 2.05) is 0 Å². The summed E-state index contributed by atoms with van der Waals surface area (Å²) in [4.78, 5) is 4.08. The van der Waals surface area contributed by atoms with Crippen molar-refractivity contribution in [1.82, 2.24) is 4.98 Å². The Balaban J connectivity index is 1.95. The predicted molar refractivity (Wildman–Crippen MR) is 76.4 cm³/mol. The van der Waals surface area contributed by atoms with Gasteiger partial charge in [0.25, 0.3) is 0 Å². The molecule has 1 aromatic carbocycles. The first-order chi connectivity index (χ1) is 9.42. The molecule has 0 fully saturated rings. The number of benzene rings is 1. The summed E-state index contributed by atoms with van der Waals surface area (Å²) < 4.78 is 37.1. The second-order valence-electron chi connectivity index (χ2n) is 4.29. The van der Waals surface area contributed by atoms with E-state index >= 15 is 0 Å². The molecule has 0 amide bonds. The predicted octanol–water partition coefficient (Wildman–Crippen LogP) is 2.20. The van der Waals surface area contributed by atoms with Crippen LogP contribution in [-0.4, -0.2) is 19.7 Å². The quantitative estimate of drug-likeness (QED) is 0.887. The van der Waals surface area contributed by atoms with Crippen LogP contribution in [0.15, 0.2) is 42.6 Å². The van der Waals surface area contributed by atoms with Crippen LogP contribution in [0.5, 0.6) is 0 Å². The molecule has 2 N–H and O–H groups in total. The molecule has 0 saturated heterocycles. The Morgan fingerprint density at radius 3 is 2.40 bits per heavy atom. The van der Waals surface area contributed by atoms with Crippen LogP contribution in [0.3, 0.4) is 0 Å². The highest BCUT2D eigenvalue weighted by Gasteiger charge is 2.02. The number of anilines is 2. The first-order valence-electron chi connectivity index (χ1n) is 5.84. The molecule has 0 bridgehead atoms. The molecule has 5 nitrogen and oxygen atoms in total. The third kappa shape index (κ3) is 4.51. The zero-order chi connectivity index (χ0) is 14.6. The molecule has 0 atom stereocenters. The van der Waals surface area contributed by atoms with E-state index in [0.29, 0.717) is 18.1 Å². The molecule has 0 aliphatic rings. The lowest BCUT2D eigenvalue weighted by molar-refractivity contribution is 0.606. The van der Waals surface area contributed by atoms with Gasteiger partial charge in [-0.3, -0.25) is 4.72 Å². The number of hydrogen-bond donors (Lipinski definition) is 2. The number of nitrogens with one attached hydrogen (secondary N) is 2. The third-order valence-corrected chi connectivity index (χ3v) is 3.06. The molecule has 1 aromatic heterocycles. The number of pyridine rings is 1. The summed E-state index contributed by atoms with van der Waals surface area (Å²) in [6, 6.07) is 9.43. The SMILES string of the molecule is CS(=O)(=O)Nc1ccc(NCc2ccc(F)cc2)nc1. The van der Waals surface area contributed by atoms with E-state index in [9.17, 15) is 12.8 Å². The fourth-order valence-electron chi connectivity index (χ4n) is 1.57. The first kappa shape index (κ1) is 14.3. The van der Waals surface area contributed by atoms with Crippen molar-refractivity contribution < 1.29 is 12.8 Å². The van der Waals surface area contributed by atoms with Gasteiger partial charge >= 0.3 is 0 Å². The smallest absolute Gasteiger partial charge is 0.229 e. The van der Waals surface area contributed by atoms with E-state index in [4.69, 9.17) is 0 Å². The maximum absolute atomic E-state index is 12.7. The Kier molecular flexibility index (Phi) is 4.19. The topological polar surface area (TPSA) is 71.1 Å². The van der Waals surface area contributed by atoms with Gasteiger partial charge in [-0.05, 0) is 29.8 Å². The molecule has 2 aromatic rings. The number of rotatable bonds is 5. The Hall–Kier alpha value is -2.15. The maximum Gasteiger partial charge on any atom is 0.229 e. The molecule has 0 spiro atoms. The van der Waals surface area contributed by atoms with Gasteiger partial charge in [-0.2, -0.15) is 0 Å². The minimum Gasteiger partial charge on any atom is -0.366 e. The van der Waals surface area contributed by atoms with Crippen LogP contribution in [0.2, 0.25) is 0 Å². The summed E-state index contributed by atoms with van der Waals surface area (Å²) in [7, 11) is -3.30. The van der Waals surface area contributed by atoms with E-state index in [2.05, 4.69) is 15.0 Å². The highest BCUT2D eigenvalue weighted by molar-refractivity contribution is 7.92. The highest BCUT2D eigenvalue weighted by Crippen LogP contribution is 2.12. The van der Waals surface area contributed by atoms with Crippen LogP contribution in [-0.2, 0) is 16.6 Å². The Labute approximate surface area is 116 Å². The van der Waals surface area contributed by atoms with Crippen LogP contribution in [0, 0.1) is 5.82 Å². The Morgan fingerprint density at radius 2 is 1.85 bits per heavy atom. The molecule has 2 rings (SSSR count). The third-order valence-electron chi connectivity index (χ3n) is 2.45. The standard InChI is InChI=1S/C13H14FN3O2S/c1-20(18,19)17-12-6-7-13(16-9-12)15-8-10-2-4-11(14)5-3-10/h2-7,9,17H,8H2,1H3,(H,15,16). The largest absolute Gasteiger partial charge is 0.366 e. The van der Waals surface area contributed by atoms with Crippen LogP contribution in [0.1, 0.15) is 5.56 Å². The van der Waals surface area contributed by atoms with Crippen molar-refractivity contribution in [2.45, 2.75) is 6.54 Å². The van der Waals surface area contributed by atoms with Gasteiger partial charge in [-0.1, -0.05) is 12.1 Å². The molecular weight excluding hydrogens is 281 g/mol. The van der Waals surface area contributed by atoms with Gasteiger partial charge in [-0.25, -0.2) is 17.8 Å². The fourth-order valence-corrected chi connectivity index (χ4v) is 2.12. The molecule has 1 heterocycles. The van der Waals surface area contributed by atoms with Gasteiger partial charge in [0.15, 0.2) is 0 Å². The van der Waals surface area contributed by atoms with Crippen LogP contribution < -0.4 is 10.0 Å². The fraction of sp³-hybridized carbons (Fsp3) is 0.154. The molecule has 106 valence electrons. The number of halogens is 1. The highest BCUT2D eigenvalue weighted by atomic mass is 32.2. The summed E-state index contributed by atoms with van der Waals surface area (Å²) in [5.41, 5.74) is 1.33. The lowest BCUT2D eigenvalue weighted by Crippen LogP contribution is -2.10. The summed E-state index contributed by atoms with van der Waals surface area (Å²) in [6.07, 6.45) is 2.50. The molecule has 0 aliphatic carbocycles. The summed E-state index contributed by atoms with van der Waals surface area (Å²) in [6.45, 7) is 0.506. The van der Waals surface area contributed by atoms with Crippen molar-refractivity contribution in [3.63, 3.8) is 0 Å². The van der Waals surface area contributed by atoms with Gasteiger partial charge in [0.05, 0.1) is 18.1 Å². The number of aromatic nitrogens is 1. The van der Waals surface area contributed by atoms with Crippen molar-refractivity contribution in [3.8, 4) is 0 Å². The van der Waals surface area contributed by atoms with Gasteiger partial charge in [0.1, 0.15) is 11.6 Å². The van der Waals surface area contributed by atoms with Crippen molar-refractivity contribution in [1.29, 1.82) is 0 Å². The van der Waals surface area contributed by atoms with Crippen molar-refractivity contribution in [3.05, 3.63) is 54.0 Å². The Bertz CT molecular complexity index is 670. The maximum atomic E-state index is 12.7. The van der Waals surface area contributed by atoms with E-state index in [1.165, 1.54) is 18.3 Å². The minimum atomic E-state index is -3.30. The van der Waals surface area contributed by atoms with Crippen molar-refractivity contribution in [2.75, 3.05) is 16.3 Å². The zero-order valence-corrected chi connectivity index (χ0v) is 11.6. The van der Waals surface area contributed by atoms with E-state index in [0.717, 1.165) is 11.8 Å².